The zero-order valence-corrected chi connectivity index (χ0v) is 22.5. The second kappa shape index (κ2) is 11.3. The molecule has 5 rings (SSSR count). The van der Waals surface area contributed by atoms with E-state index in [-0.39, 0.29) is 4.90 Å². The zero-order valence-electron chi connectivity index (χ0n) is 19.4. The third kappa shape index (κ3) is 5.85. The molecular weight excluding hydrogens is 553 g/mol. The molecule has 0 amide bonds. The number of halogens is 2. The molecule has 0 atom stereocenters. The van der Waals surface area contributed by atoms with Crippen molar-refractivity contribution < 1.29 is 13.2 Å². The summed E-state index contributed by atoms with van der Waals surface area (Å²) in [4.78, 5) is 9.56. The first-order valence-corrected chi connectivity index (χ1v) is 14.3. The van der Waals surface area contributed by atoms with E-state index >= 15 is 0 Å². The van der Waals surface area contributed by atoms with Crippen molar-refractivity contribution in [3.63, 3.8) is 0 Å². The van der Waals surface area contributed by atoms with Crippen LogP contribution < -0.4 is 4.80 Å². The lowest BCUT2D eigenvalue weighted by molar-refractivity contribution is 0.0730. The standard InChI is InChI=1S/C25H21Cl2N5O3S2/c26-19-1-6-23(27)22(15-19)24-17-36-25(32(24)29-16-18-7-9-28-10-8-18)30-20-2-4-21(5-3-20)37(33,34)31-11-13-35-14-12-31/h1-10,15-17H,11-14H2. The second-order valence-corrected chi connectivity index (χ2v) is 11.6. The average molecular weight is 575 g/mol. The van der Waals surface area contributed by atoms with Crippen molar-refractivity contribution in [1.29, 1.82) is 0 Å². The molecule has 0 spiro atoms. The predicted molar refractivity (Wildman–Crippen MR) is 146 cm³/mol. The van der Waals surface area contributed by atoms with Crippen LogP contribution in [0.3, 0.4) is 0 Å². The molecule has 1 fully saturated rings. The van der Waals surface area contributed by atoms with Crippen molar-refractivity contribution in [3.8, 4) is 11.3 Å². The summed E-state index contributed by atoms with van der Waals surface area (Å²) in [6.07, 6.45) is 5.08. The smallest absolute Gasteiger partial charge is 0.243 e. The summed E-state index contributed by atoms with van der Waals surface area (Å²) >= 11 is 14.1. The third-order valence-electron chi connectivity index (χ3n) is 5.59. The van der Waals surface area contributed by atoms with Gasteiger partial charge >= 0.3 is 0 Å². The molecular formula is C25H21Cl2N5O3S2. The summed E-state index contributed by atoms with van der Waals surface area (Å²) in [5.41, 5.74) is 2.87. The summed E-state index contributed by atoms with van der Waals surface area (Å²) in [6.45, 7) is 1.47. The molecule has 190 valence electrons. The lowest BCUT2D eigenvalue weighted by Gasteiger charge is -2.26. The molecule has 1 aliphatic rings. The molecule has 0 aliphatic carbocycles. The van der Waals surface area contributed by atoms with Gasteiger partial charge in [0.15, 0.2) is 0 Å². The molecule has 4 aromatic rings. The van der Waals surface area contributed by atoms with Gasteiger partial charge in [-0.15, -0.1) is 11.3 Å². The maximum absolute atomic E-state index is 12.9. The van der Waals surface area contributed by atoms with Gasteiger partial charge in [0.25, 0.3) is 0 Å². The third-order valence-corrected chi connectivity index (χ3v) is 8.88. The summed E-state index contributed by atoms with van der Waals surface area (Å²) in [6, 6.07) is 15.4. The van der Waals surface area contributed by atoms with Gasteiger partial charge in [-0.25, -0.2) is 18.1 Å². The van der Waals surface area contributed by atoms with Crippen LogP contribution in [0, 0.1) is 0 Å². The van der Waals surface area contributed by atoms with Gasteiger partial charge < -0.3 is 4.74 Å². The fraction of sp³-hybridized carbons (Fsp3) is 0.160. The van der Waals surface area contributed by atoms with E-state index in [1.54, 1.807) is 65.7 Å². The van der Waals surface area contributed by atoms with Crippen molar-refractivity contribution >= 4 is 56.5 Å². The Morgan fingerprint density at radius 1 is 1.00 bits per heavy atom. The highest BCUT2D eigenvalue weighted by molar-refractivity contribution is 7.89. The molecule has 3 heterocycles. The molecule has 2 aromatic heterocycles. The van der Waals surface area contributed by atoms with Crippen molar-refractivity contribution in [2.45, 2.75) is 4.90 Å². The molecule has 0 unspecified atom stereocenters. The fourth-order valence-electron chi connectivity index (χ4n) is 3.68. The van der Waals surface area contributed by atoms with Gasteiger partial charge in [0.2, 0.25) is 14.8 Å². The Bertz CT molecular complexity index is 1600. The number of ether oxygens (including phenoxy) is 1. The Hall–Kier alpha value is -2.86. The highest BCUT2D eigenvalue weighted by atomic mass is 35.5. The van der Waals surface area contributed by atoms with Crippen LogP contribution in [-0.2, 0) is 14.8 Å². The lowest BCUT2D eigenvalue weighted by Crippen LogP contribution is -2.40. The Kier molecular flexibility index (Phi) is 7.84. The minimum absolute atomic E-state index is 0.217. The first kappa shape index (κ1) is 25.8. The van der Waals surface area contributed by atoms with E-state index in [1.807, 2.05) is 17.5 Å². The number of hydrogen-bond acceptors (Lipinski definition) is 7. The molecule has 2 aromatic carbocycles. The molecule has 1 saturated heterocycles. The number of hydrogen-bond donors (Lipinski definition) is 0. The fourth-order valence-corrected chi connectivity index (χ4v) is 6.32. The number of aromatic nitrogens is 2. The molecule has 12 heteroatoms. The molecule has 0 saturated carbocycles. The van der Waals surface area contributed by atoms with Gasteiger partial charge in [-0.1, -0.05) is 23.2 Å². The zero-order chi connectivity index (χ0) is 25.8. The van der Waals surface area contributed by atoms with E-state index in [2.05, 4.69) is 10.1 Å². The molecule has 0 bridgehead atoms. The normalized spacial score (nSPS) is 15.5. The Balaban J connectivity index is 1.54. The van der Waals surface area contributed by atoms with Crippen LogP contribution in [0.15, 0.2) is 87.4 Å². The summed E-state index contributed by atoms with van der Waals surface area (Å²) < 4.78 is 34.3. The monoisotopic (exact) mass is 573 g/mol. The van der Waals surface area contributed by atoms with Crippen LogP contribution in [0.4, 0.5) is 5.69 Å². The number of rotatable bonds is 6. The maximum atomic E-state index is 12.9. The van der Waals surface area contributed by atoms with Gasteiger partial charge in [-0.3, -0.25) is 4.98 Å². The Morgan fingerprint density at radius 2 is 1.73 bits per heavy atom. The quantitative estimate of drug-likeness (QED) is 0.302. The van der Waals surface area contributed by atoms with E-state index in [0.717, 1.165) is 5.56 Å². The number of benzene rings is 2. The van der Waals surface area contributed by atoms with Crippen LogP contribution in [0.25, 0.3) is 11.3 Å². The van der Waals surface area contributed by atoms with Gasteiger partial charge in [0.1, 0.15) is 0 Å². The van der Waals surface area contributed by atoms with Gasteiger partial charge in [0.05, 0.1) is 40.7 Å². The highest BCUT2D eigenvalue weighted by Gasteiger charge is 2.26. The minimum Gasteiger partial charge on any atom is -0.379 e. The van der Waals surface area contributed by atoms with E-state index in [0.29, 0.717) is 58.1 Å². The molecule has 1 aliphatic heterocycles. The van der Waals surface area contributed by atoms with Crippen LogP contribution in [0.5, 0.6) is 0 Å². The van der Waals surface area contributed by atoms with E-state index < -0.39 is 10.0 Å². The Labute approximate surface area is 228 Å². The first-order chi connectivity index (χ1) is 17.9. The van der Waals surface area contributed by atoms with Crippen molar-refractivity contribution in [3.05, 3.63) is 92.8 Å². The number of thiazole rings is 1. The summed E-state index contributed by atoms with van der Waals surface area (Å²) in [5, 5.41) is 7.64. The van der Waals surface area contributed by atoms with Gasteiger partial charge in [0, 0.05) is 41.4 Å². The van der Waals surface area contributed by atoms with Crippen molar-refractivity contribution in [1.82, 2.24) is 14.0 Å². The predicted octanol–water partition coefficient (Wildman–Crippen LogP) is 5.05. The summed E-state index contributed by atoms with van der Waals surface area (Å²) in [5.74, 6) is 0. The van der Waals surface area contributed by atoms with E-state index in [4.69, 9.17) is 32.9 Å². The lowest BCUT2D eigenvalue weighted by atomic mass is 10.2. The van der Waals surface area contributed by atoms with Crippen LogP contribution in [0.1, 0.15) is 5.56 Å². The highest BCUT2D eigenvalue weighted by Crippen LogP contribution is 2.31. The molecule has 0 radical (unpaired) electrons. The average Bonchev–Trinajstić information content (AvgIpc) is 3.32. The number of nitrogens with zero attached hydrogens (tertiary/aromatic N) is 5. The first-order valence-electron chi connectivity index (χ1n) is 11.2. The van der Waals surface area contributed by atoms with Gasteiger partial charge in [-0.2, -0.15) is 9.41 Å². The van der Waals surface area contributed by atoms with E-state index in [1.165, 1.54) is 15.6 Å². The SMILES string of the molecule is O=S(=O)(c1ccc(N=c2scc(-c3cc(Cl)ccc3Cl)n2N=Cc2ccncc2)cc1)N1CCOCC1. The Morgan fingerprint density at radius 3 is 2.46 bits per heavy atom. The molecule has 0 N–H and O–H groups in total. The van der Waals surface area contributed by atoms with E-state index in [9.17, 15) is 8.42 Å². The van der Waals surface area contributed by atoms with Crippen LogP contribution >= 0.6 is 34.5 Å². The van der Waals surface area contributed by atoms with Crippen LogP contribution in [-0.4, -0.2) is 54.9 Å². The minimum atomic E-state index is -3.59. The van der Waals surface area contributed by atoms with Gasteiger partial charge in [-0.05, 0) is 60.2 Å². The largest absolute Gasteiger partial charge is 0.379 e. The number of sulfonamides is 1. The second-order valence-electron chi connectivity index (χ2n) is 7.99. The maximum Gasteiger partial charge on any atom is 0.243 e. The molecule has 37 heavy (non-hydrogen) atoms. The molecule has 8 nitrogen and oxygen atoms in total. The van der Waals surface area contributed by atoms with Crippen molar-refractivity contribution in [2.24, 2.45) is 10.1 Å². The number of morpholine rings is 1. The topological polar surface area (TPSA) is 89.2 Å². The summed E-state index contributed by atoms with van der Waals surface area (Å²) in [7, 11) is -3.59. The van der Waals surface area contributed by atoms with Crippen molar-refractivity contribution in [2.75, 3.05) is 26.3 Å². The van der Waals surface area contributed by atoms with Crippen LogP contribution in [0.2, 0.25) is 10.0 Å². The number of pyridine rings is 1.